The Labute approximate surface area is 169 Å². The van der Waals surface area contributed by atoms with Crippen LogP contribution >= 0.6 is 11.6 Å². The van der Waals surface area contributed by atoms with Crippen molar-refractivity contribution in [2.24, 2.45) is 0 Å². The maximum absolute atomic E-state index is 14.3. The lowest BCUT2D eigenvalue weighted by Crippen LogP contribution is -2.54. The molecule has 2 aromatic rings. The largest absolute Gasteiger partial charge is 0.330 e. The summed E-state index contributed by atoms with van der Waals surface area (Å²) in [5.74, 6) is -0.547. The predicted octanol–water partition coefficient (Wildman–Crippen LogP) is 4.17. The van der Waals surface area contributed by atoms with E-state index >= 15 is 0 Å². The topological polar surface area (TPSA) is 48.5 Å². The van der Waals surface area contributed by atoms with Crippen LogP contribution in [-0.2, 0) is 5.54 Å². The Hall–Kier alpha value is -2.18. The molecule has 1 saturated carbocycles. The number of halogens is 2. The summed E-state index contributed by atoms with van der Waals surface area (Å²) in [5, 5.41) is 3.33. The van der Waals surface area contributed by atoms with Crippen LogP contribution < -0.4 is 10.2 Å². The minimum atomic E-state index is -0.581. The zero-order valence-corrected chi connectivity index (χ0v) is 16.8. The molecule has 0 radical (unpaired) electrons. The number of nitrogens with one attached hydrogen (secondary N) is 1. The lowest BCUT2D eigenvalue weighted by atomic mass is 9.69. The SMILES string of the molecule is CN(C)[C@]1(c2ccccc2)CC[C@]2(CC1)CN(c1ncc(Cl)cc1F)C(=O)N2. The Morgan fingerprint density at radius 2 is 1.86 bits per heavy atom. The van der Waals surface area contributed by atoms with Crippen molar-refractivity contribution in [3.8, 4) is 0 Å². The number of nitrogens with zero attached hydrogens (tertiary/aromatic N) is 3. The van der Waals surface area contributed by atoms with E-state index in [9.17, 15) is 9.18 Å². The van der Waals surface area contributed by atoms with Crippen LogP contribution in [0.4, 0.5) is 15.0 Å². The number of aromatic nitrogens is 1. The summed E-state index contributed by atoms with van der Waals surface area (Å²) in [6.45, 7) is 0.412. The zero-order chi connectivity index (χ0) is 19.9. The van der Waals surface area contributed by atoms with Gasteiger partial charge in [-0.3, -0.25) is 9.80 Å². The molecule has 4 rings (SSSR count). The number of anilines is 1. The van der Waals surface area contributed by atoms with E-state index in [0.29, 0.717) is 6.54 Å². The first-order valence-electron chi connectivity index (χ1n) is 9.49. The number of pyridine rings is 1. The molecule has 2 amide bonds. The first kappa shape index (κ1) is 19.2. The van der Waals surface area contributed by atoms with Gasteiger partial charge in [0.15, 0.2) is 11.6 Å². The average Bonchev–Trinajstić information content (AvgIpc) is 2.99. The summed E-state index contributed by atoms with van der Waals surface area (Å²) < 4.78 is 14.3. The number of urea groups is 1. The van der Waals surface area contributed by atoms with E-state index in [0.717, 1.165) is 25.7 Å². The first-order chi connectivity index (χ1) is 13.4. The van der Waals surface area contributed by atoms with Crippen LogP contribution in [0.15, 0.2) is 42.6 Å². The Bertz CT molecular complexity index is 881. The maximum atomic E-state index is 14.3. The fraction of sp³-hybridized carbons (Fsp3) is 0.429. The minimum Gasteiger partial charge on any atom is -0.330 e. The number of carbonyl (C=O) groups excluding carboxylic acids is 1. The van der Waals surface area contributed by atoms with Crippen molar-refractivity contribution in [1.29, 1.82) is 0 Å². The highest BCUT2D eigenvalue weighted by Crippen LogP contribution is 2.46. The van der Waals surface area contributed by atoms with Gasteiger partial charge >= 0.3 is 6.03 Å². The van der Waals surface area contributed by atoms with Gasteiger partial charge in [-0.05, 0) is 51.4 Å². The lowest BCUT2D eigenvalue weighted by molar-refractivity contribution is 0.0657. The molecule has 1 aliphatic heterocycles. The number of amides is 2. The quantitative estimate of drug-likeness (QED) is 0.838. The minimum absolute atomic E-state index is 0.0336. The van der Waals surface area contributed by atoms with Gasteiger partial charge in [-0.2, -0.15) is 0 Å². The standard InChI is InChI=1S/C21H24ClFN4O/c1-26(2)21(15-6-4-3-5-7-15)10-8-20(9-11-21)14-27(19(28)25-20)18-17(23)12-16(22)13-24-18/h3-7,12-13H,8-11,14H2,1-2H3,(H,25,28)/t20-,21+. The van der Waals surface area contributed by atoms with Crippen LogP contribution in [0.5, 0.6) is 0 Å². The zero-order valence-electron chi connectivity index (χ0n) is 16.1. The fourth-order valence-electron chi connectivity index (χ4n) is 4.65. The molecule has 2 fully saturated rings. The third-order valence-electron chi connectivity index (χ3n) is 6.32. The third-order valence-corrected chi connectivity index (χ3v) is 6.53. The number of benzene rings is 1. The van der Waals surface area contributed by atoms with Crippen molar-refractivity contribution in [1.82, 2.24) is 15.2 Å². The van der Waals surface area contributed by atoms with Crippen LogP contribution in [-0.4, -0.2) is 42.1 Å². The van der Waals surface area contributed by atoms with E-state index in [4.69, 9.17) is 11.6 Å². The highest BCUT2D eigenvalue weighted by Gasteiger charge is 2.50. The van der Waals surface area contributed by atoms with E-state index < -0.39 is 5.82 Å². The second-order valence-corrected chi connectivity index (χ2v) is 8.48. The van der Waals surface area contributed by atoms with Gasteiger partial charge in [0.1, 0.15) is 0 Å². The van der Waals surface area contributed by atoms with Gasteiger partial charge in [0.2, 0.25) is 0 Å². The molecule has 0 atom stereocenters. The molecule has 1 aromatic heterocycles. The van der Waals surface area contributed by atoms with Crippen molar-refractivity contribution >= 4 is 23.4 Å². The molecule has 0 bridgehead atoms. The van der Waals surface area contributed by atoms with Gasteiger partial charge < -0.3 is 5.32 Å². The number of carbonyl (C=O) groups is 1. The Balaban J connectivity index is 1.56. The van der Waals surface area contributed by atoms with E-state index in [-0.39, 0.29) is 27.9 Å². The molecule has 28 heavy (non-hydrogen) atoms. The molecule has 2 heterocycles. The summed E-state index contributed by atoms with van der Waals surface area (Å²) >= 11 is 5.80. The molecular weight excluding hydrogens is 379 g/mol. The third kappa shape index (κ3) is 3.14. The van der Waals surface area contributed by atoms with Crippen molar-refractivity contribution < 1.29 is 9.18 Å². The van der Waals surface area contributed by atoms with Gasteiger partial charge in [-0.15, -0.1) is 0 Å². The van der Waals surface area contributed by atoms with Crippen molar-refractivity contribution in [2.75, 3.05) is 25.5 Å². The van der Waals surface area contributed by atoms with Crippen molar-refractivity contribution in [3.63, 3.8) is 0 Å². The highest BCUT2D eigenvalue weighted by atomic mass is 35.5. The number of hydrogen-bond acceptors (Lipinski definition) is 3. The second kappa shape index (κ2) is 7.01. The summed E-state index contributed by atoms with van der Waals surface area (Å²) in [6, 6.07) is 11.4. The average molecular weight is 403 g/mol. The molecule has 1 aromatic carbocycles. The van der Waals surface area contributed by atoms with Crippen LogP contribution in [0.2, 0.25) is 5.02 Å². The molecule has 7 heteroatoms. The molecule has 2 aliphatic rings. The molecule has 1 aliphatic carbocycles. The Kier molecular flexibility index (Phi) is 4.79. The Morgan fingerprint density at radius 3 is 2.46 bits per heavy atom. The van der Waals surface area contributed by atoms with E-state index in [2.05, 4.69) is 53.6 Å². The fourth-order valence-corrected chi connectivity index (χ4v) is 4.80. The lowest BCUT2D eigenvalue weighted by Gasteiger charge is -2.48. The molecule has 0 unspecified atom stereocenters. The normalized spacial score (nSPS) is 27.5. The molecular formula is C21H24ClFN4O. The maximum Gasteiger partial charge on any atom is 0.323 e. The molecule has 5 nitrogen and oxygen atoms in total. The first-order valence-corrected chi connectivity index (χ1v) is 9.87. The van der Waals surface area contributed by atoms with Gasteiger partial charge in [-0.25, -0.2) is 14.2 Å². The van der Waals surface area contributed by atoms with Gasteiger partial charge in [0.05, 0.1) is 17.1 Å². The summed E-state index contributed by atoms with van der Waals surface area (Å²) in [6.07, 6.45) is 4.82. The second-order valence-electron chi connectivity index (χ2n) is 8.05. The number of hydrogen-bond donors (Lipinski definition) is 1. The van der Waals surface area contributed by atoms with Crippen LogP contribution in [0.3, 0.4) is 0 Å². The molecule has 1 saturated heterocycles. The summed E-state index contributed by atoms with van der Waals surface area (Å²) in [7, 11) is 4.22. The van der Waals surface area contributed by atoms with Crippen molar-refractivity contribution in [2.45, 2.75) is 36.8 Å². The van der Waals surface area contributed by atoms with E-state index in [1.165, 1.54) is 22.7 Å². The van der Waals surface area contributed by atoms with Gasteiger partial charge in [0.25, 0.3) is 0 Å². The van der Waals surface area contributed by atoms with Crippen molar-refractivity contribution in [3.05, 3.63) is 59.0 Å². The number of rotatable bonds is 3. The van der Waals surface area contributed by atoms with Gasteiger partial charge in [-0.1, -0.05) is 41.9 Å². The van der Waals surface area contributed by atoms with E-state index in [1.54, 1.807) is 0 Å². The molecule has 148 valence electrons. The predicted molar refractivity (Wildman–Crippen MR) is 108 cm³/mol. The summed E-state index contributed by atoms with van der Waals surface area (Å²) in [5.41, 5.74) is 0.870. The van der Waals surface area contributed by atoms with Crippen LogP contribution in [0.1, 0.15) is 31.2 Å². The van der Waals surface area contributed by atoms with Crippen LogP contribution in [0.25, 0.3) is 0 Å². The molecule has 1 spiro atoms. The highest BCUT2D eigenvalue weighted by molar-refractivity contribution is 6.30. The van der Waals surface area contributed by atoms with Crippen LogP contribution in [0, 0.1) is 5.82 Å². The smallest absolute Gasteiger partial charge is 0.323 e. The monoisotopic (exact) mass is 402 g/mol. The van der Waals surface area contributed by atoms with Gasteiger partial charge in [0, 0.05) is 11.7 Å². The van der Waals surface area contributed by atoms with E-state index in [1.807, 2.05) is 6.07 Å². The molecule has 1 N–H and O–H groups in total. The summed E-state index contributed by atoms with van der Waals surface area (Å²) in [4.78, 5) is 20.3. The Morgan fingerprint density at radius 1 is 1.18 bits per heavy atom.